The first-order valence-electron chi connectivity index (χ1n) is 8.87. The van der Waals surface area contributed by atoms with E-state index in [1.165, 1.54) is 0 Å². The van der Waals surface area contributed by atoms with Gasteiger partial charge in [-0.1, -0.05) is 12.1 Å². The molecule has 132 valence electrons. The number of carbonyl (C=O) groups is 1. The first-order valence-corrected chi connectivity index (χ1v) is 8.87. The normalized spacial score (nSPS) is 25.9. The molecule has 2 saturated heterocycles. The second kappa shape index (κ2) is 7.11. The number of carbonyl (C=O) groups excluding carboxylic acids is 1. The first-order chi connectivity index (χ1) is 11.5. The highest BCUT2D eigenvalue weighted by molar-refractivity contribution is 5.73. The van der Waals surface area contributed by atoms with Crippen molar-refractivity contribution >= 4 is 5.91 Å². The van der Waals surface area contributed by atoms with E-state index in [-0.39, 0.29) is 5.91 Å². The summed E-state index contributed by atoms with van der Waals surface area (Å²) in [6.07, 6.45) is 2.73. The zero-order valence-electron chi connectivity index (χ0n) is 14.7. The Morgan fingerprint density at radius 2 is 2.08 bits per heavy atom. The van der Waals surface area contributed by atoms with Crippen molar-refractivity contribution in [2.45, 2.75) is 44.8 Å². The van der Waals surface area contributed by atoms with Crippen LogP contribution in [0.15, 0.2) is 24.3 Å². The average Bonchev–Trinajstić information content (AvgIpc) is 2.96. The fraction of sp³-hybridized carbons (Fsp3) is 0.632. The summed E-state index contributed by atoms with van der Waals surface area (Å²) in [4.78, 5) is 15.7. The monoisotopic (exact) mass is 332 g/mol. The topological polar surface area (TPSA) is 53.0 Å². The molecule has 0 saturated carbocycles. The molecule has 2 aliphatic heterocycles. The molecule has 1 atom stereocenters. The SMILES string of the molecule is CC(=O)N1CCC(N2CC[C@@](O)(COc3cccc(C)c3)C2)CC1. The first kappa shape index (κ1) is 17.2. The summed E-state index contributed by atoms with van der Waals surface area (Å²) in [6, 6.07) is 8.40. The molecule has 1 amide bonds. The number of β-amino-alcohol motifs (C(OH)–C–C–N with tert-alkyl or cyclic N) is 1. The minimum Gasteiger partial charge on any atom is -0.491 e. The van der Waals surface area contributed by atoms with Crippen molar-refractivity contribution in [1.29, 1.82) is 0 Å². The molecular weight excluding hydrogens is 304 g/mol. The molecule has 2 aliphatic rings. The van der Waals surface area contributed by atoms with Gasteiger partial charge < -0.3 is 14.7 Å². The van der Waals surface area contributed by atoms with Crippen molar-refractivity contribution in [3.63, 3.8) is 0 Å². The molecule has 0 unspecified atom stereocenters. The number of aliphatic hydroxyl groups is 1. The minimum absolute atomic E-state index is 0.165. The lowest BCUT2D eigenvalue weighted by Gasteiger charge is -2.36. The maximum absolute atomic E-state index is 11.4. The van der Waals surface area contributed by atoms with Gasteiger partial charge in [-0.3, -0.25) is 9.69 Å². The largest absolute Gasteiger partial charge is 0.491 e. The Balaban J connectivity index is 1.50. The van der Waals surface area contributed by atoms with Gasteiger partial charge in [0.2, 0.25) is 5.91 Å². The fourth-order valence-electron chi connectivity index (χ4n) is 3.79. The van der Waals surface area contributed by atoms with Gasteiger partial charge >= 0.3 is 0 Å². The molecule has 1 aromatic carbocycles. The van der Waals surface area contributed by atoms with E-state index >= 15 is 0 Å². The van der Waals surface area contributed by atoms with Crippen molar-refractivity contribution in [2.24, 2.45) is 0 Å². The van der Waals surface area contributed by atoms with Crippen LogP contribution in [0.4, 0.5) is 0 Å². The maximum atomic E-state index is 11.4. The Hall–Kier alpha value is -1.59. The maximum Gasteiger partial charge on any atom is 0.219 e. The van der Waals surface area contributed by atoms with Gasteiger partial charge in [-0.15, -0.1) is 0 Å². The standard InChI is InChI=1S/C19H28N2O3/c1-15-4-3-5-18(12-15)24-14-19(23)8-11-21(13-19)17-6-9-20(10-7-17)16(2)22/h3-5,12,17,23H,6-11,13-14H2,1-2H3/t19-/m0/s1. The molecule has 2 heterocycles. The second-order valence-corrected chi connectivity index (χ2v) is 7.29. The number of amides is 1. The number of benzene rings is 1. The van der Waals surface area contributed by atoms with E-state index in [2.05, 4.69) is 4.90 Å². The Kier molecular flexibility index (Phi) is 5.11. The smallest absolute Gasteiger partial charge is 0.219 e. The Bertz CT molecular complexity index is 584. The van der Waals surface area contributed by atoms with Crippen molar-refractivity contribution < 1.29 is 14.6 Å². The molecule has 3 rings (SSSR count). The van der Waals surface area contributed by atoms with Gasteiger partial charge in [0, 0.05) is 39.1 Å². The van der Waals surface area contributed by atoms with Crippen molar-refractivity contribution in [2.75, 3.05) is 32.8 Å². The summed E-state index contributed by atoms with van der Waals surface area (Å²) in [7, 11) is 0. The summed E-state index contributed by atoms with van der Waals surface area (Å²) in [6.45, 7) is 7.22. The molecule has 5 nitrogen and oxygen atoms in total. The molecule has 5 heteroatoms. The highest BCUT2D eigenvalue weighted by atomic mass is 16.5. The van der Waals surface area contributed by atoms with E-state index < -0.39 is 5.60 Å². The van der Waals surface area contributed by atoms with Gasteiger partial charge in [0.05, 0.1) is 0 Å². The Morgan fingerprint density at radius 3 is 2.75 bits per heavy atom. The van der Waals surface area contributed by atoms with Gasteiger partial charge in [-0.2, -0.15) is 0 Å². The summed E-state index contributed by atoms with van der Waals surface area (Å²) < 4.78 is 5.83. The number of piperidine rings is 1. The molecule has 24 heavy (non-hydrogen) atoms. The van der Waals surface area contributed by atoms with Gasteiger partial charge in [0.25, 0.3) is 0 Å². The van der Waals surface area contributed by atoms with Gasteiger partial charge in [0.15, 0.2) is 0 Å². The zero-order chi connectivity index (χ0) is 17.2. The predicted octanol–water partition coefficient (Wildman–Crippen LogP) is 1.82. The lowest BCUT2D eigenvalue weighted by atomic mass is 10.0. The van der Waals surface area contributed by atoms with E-state index in [4.69, 9.17) is 4.74 Å². The average molecular weight is 332 g/mol. The fourth-order valence-corrected chi connectivity index (χ4v) is 3.79. The molecule has 1 aromatic rings. The second-order valence-electron chi connectivity index (χ2n) is 7.29. The van der Waals surface area contributed by atoms with Gasteiger partial charge in [-0.05, 0) is 43.9 Å². The number of likely N-dealkylation sites (tertiary alicyclic amines) is 2. The van der Waals surface area contributed by atoms with Crippen LogP contribution < -0.4 is 4.74 Å². The molecule has 0 radical (unpaired) electrons. The van der Waals surface area contributed by atoms with Crippen molar-refractivity contribution in [1.82, 2.24) is 9.80 Å². The van der Waals surface area contributed by atoms with Crippen LogP contribution in [-0.4, -0.2) is 65.2 Å². The number of hydrogen-bond donors (Lipinski definition) is 1. The summed E-state index contributed by atoms with van der Waals surface area (Å²) in [5, 5.41) is 10.8. The zero-order valence-corrected chi connectivity index (χ0v) is 14.7. The number of hydrogen-bond acceptors (Lipinski definition) is 4. The molecule has 2 fully saturated rings. The lowest BCUT2D eigenvalue weighted by Crippen LogP contribution is -2.47. The number of rotatable bonds is 4. The molecule has 0 spiro atoms. The Labute approximate surface area is 144 Å². The van der Waals surface area contributed by atoms with Crippen LogP contribution in [0.3, 0.4) is 0 Å². The third-order valence-electron chi connectivity index (χ3n) is 5.29. The van der Waals surface area contributed by atoms with Crippen molar-refractivity contribution in [3.8, 4) is 5.75 Å². The molecule has 0 aliphatic carbocycles. The van der Waals surface area contributed by atoms with Crippen LogP contribution in [0.2, 0.25) is 0 Å². The van der Waals surface area contributed by atoms with Gasteiger partial charge in [-0.25, -0.2) is 0 Å². The molecule has 0 bridgehead atoms. The van der Waals surface area contributed by atoms with E-state index in [1.807, 2.05) is 36.1 Å². The van der Waals surface area contributed by atoms with Crippen LogP contribution in [0.5, 0.6) is 5.75 Å². The highest BCUT2D eigenvalue weighted by Crippen LogP contribution is 2.28. The molecular formula is C19H28N2O3. The summed E-state index contributed by atoms with van der Waals surface area (Å²) >= 11 is 0. The van der Waals surface area contributed by atoms with Crippen molar-refractivity contribution in [3.05, 3.63) is 29.8 Å². The highest BCUT2D eigenvalue weighted by Gasteiger charge is 2.40. The lowest BCUT2D eigenvalue weighted by molar-refractivity contribution is -0.130. The quantitative estimate of drug-likeness (QED) is 0.914. The Morgan fingerprint density at radius 1 is 1.33 bits per heavy atom. The van der Waals surface area contributed by atoms with E-state index in [9.17, 15) is 9.90 Å². The third-order valence-corrected chi connectivity index (χ3v) is 5.29. The number of nitrogens with zero attached hydrogens (tertiary/aromatic N) is 2. The summed E-state index contributed by atoms with van der Waals surface area (Å²) in [5.41, 5.74) is 0.381. The van der Waals surface area contributed by atoms with Crippen LogP contribution in [0, 0.1) is 6.92 Å². The van der Waals surface area contributed by atoms with Crippen LogP contribution in [-0.2, 0) is 4.79 Å². The van der Waals surface area contributed by atoms with E-state index in [1.54, 1.807) is 6.92 Å². The van der Waals surface area contributed by atoms with E-state index in [0.717, 1.165) is 50.2 Å². The van der Waals surface area contributed by atoms with Crippen LogP contribution in [0.25, 0.3) is 0 Å². The number of ether oxygens (including phenoxy) is 1. The van der Waals surface area contributed by atoms with E-state index in [0.29, 0.717) is 19.2 Å². The van der Waals surface area contributed by atoms with Crippen LogP contribution >= 0.6 is 0 Å². The predicted molar refractivity (Wildman–Crippen MR) is 93.1 cm³/mol. The third kappa shape index (κ3) is 4.08. The minimum atomic E-state index is -0.776. The van der Waals surface area contributed by atoms with Crippen LogP contribution in [0.1, 0.15) is 31.7 Å². The molecule has 0 aromatic heterocycles. The summed E-state index contributed by atoms with van der Waals surface area (Å²) in [5.74, 6) is 0.981. The van der Waals surface area contributed by atoms with Gasteiger partial charge in [0.1, 0.15) is 18.0 Å². The molecule has 1 N–H and O–H groups in total. The number of aryl methyl sites for hydroxylation is 1.